The molecule has 0 aliphatic rings. The Morgan fingerprint density at radius 1 is 1.00 bits per heavy atom. The van der Waals surface area contributed by atoms with Gasteiger partial charge in [-0.25, -0.2) is 4.98 Å². The van der Waals surface area contributed by atoms with Crippen LogP contribution in [0.25, 0.3) is 11.3 Å². The van der Waals surface area contributed by atoms with Gasteiger partial charge in [-0.2, -0.15) is 0 Å². The summed E-state index contributed by atoms with van der Waals surface area (Å²) < 4.78 is 0. The molecular weight excluding hydrogens is 370 g/mol. The van der Waals surface area contributed by atoms with Crippen molar-refractivity contribution in [2.24, 2.45) is 0 Å². The first-order chi connectivity index (χ1) is 13.3. The van der Waals surface area contributed by atoms with Crippen LogP contribution in [0.3, 0.4) is 0 Å². The molecule has 28 heavy (non-hydrogen) atoms. The minimum atomic E-state index is -0.311. The Balaban J connectivity index is 1.53. The maximum Gasteiger partial charge on any atom is 0.251 e. The van der Waals surface area contributed by atoms with Crippen LogP contribution < -0.4 is 10.6 Å². The van der Waals surface area contributed by atoms with Crippen molar-refractivity contribution in [2.75, 3.05) is 11.9 Å². The zero-order valence-corrected chi connectivity index (χ0v) is 17.0. The molecule has 0 saturated carbocycles. The van der Waals surface area contributed by atoms with Gasteiger partial charge in [-0.15, -0.1) is 11.3 Å². The van der Waals surface area contributed by atoms with Crippen LogP contribution in [0, 0.1) is 0 Å². The molecule has 0 unspecified atom stereocenters. The lowest BCUT2D eigenvalue weighted by Crippen LogP contribution is -2.32. The predicted octanol–water partition coefficient (Wildman–Crippen LogP) is 4.48. The van der Waals surface area contributed by atoms with Gasteiger partial charge >= 0.3 is 0 Å². The van der Waals surface area contributed by atoms with Crippen LogP contribution in [0.4, 0.5) is 5.13 Å². The number of aromatic nitrogens is 1. The van der Waals surface area contributed by atoms with E-state index < -0.39 is 0 Å². The Hall–Kier alpha value is -2.99. The molecule has 3 rings (SSSR count). The van der Waals surface area contributed by atoms with Crippen molar-refractivity contribution in [3.05, 3.63) is 71.1 Å². The molecule has 144 valence electrons. The number of hydrogen-bond acceptors (Lipinski definition) is 4. The van der Waals surface area contributed by atoms with Crippen molar-refractivity contribution in [1.82, 2.24) is 10.3 Å². The molecular formula is C22H23N3O2S. The zero-order chi connectivity index (χ0) is 20.1. The monoisotopic (exact) mass is 393 g/mol. The van der Waals surface area contributed by atoms with Crippen molar-refractivity contribution in [1.29, 1.82) is 0 Å². The van der Waals surface area contributed by atoms with E-state index in [0.29, 0.717) is 10.7 Å². The molecule has 0 saturated heterocycles. The van der Waals surface area contributed by atoms with Crippen LogP contribution in [0.15, 0.2) is 60.0 Å². The number of anilines is 1. The standard InChI is InChI=1S/C22H23N3O2S/c1-22(2,3)17-11-9-16(10-12-17)20(27)23-13-19(26)25-21-24-18(14-28-21)15-7-5-4-6-8-15/h4-12,14H,13H2,1-3H3,(H,23,27)(H,24,25,26). The highest BCUT2D eigenvalue weighted by atomic mass is 32.1. The van der Waals surface area contributed by atoms with Crippen molar-refractivity contribution in [3.63, 3.8) is 0 Å². The fraction of sp³-hybridized carbons (Fsp3) is 0.227. The second-order valence-corrected chi connectivity index (χ2v) is 8.32. The van der Waals surface area contributed by atoms with Gasteiger partial charge in [0, 0.05) is 16.5 Å². The predicted molar refractivity (Wildman–Crippen MR) is 114 cm³/mol. The lowest BCUT2D eigenvalue weighted by atomic mass is 9.87. The normalized spacial score (nSPS) is 11.1. The third-order valence-corrected chi connectivity index (χ3v) is 5.00. The molecule has 0 atom stereocenters. The van der Waals surface area contributed by atoms with Gasteiger partial charge < -0.3 is 10.6 Å². The molecule has 2 amide bonds. The Labute approximate surface area is 168 Å². The maximum atomic E-state index is 12.2. The fourth-order valence-electron chi connectivity index (χ4n) is 2.62. The van der Waals surface area contributed by atoms with Crippen molar-refractivity contribution in [3.8, 4) is 11.3 Å². The number of carbonyl (C=O) groups is 2. The van der Waals surface area contributed by atoms with Gasteiger partial charge in [0.05, 0.1) is 12.2 Å². The van der Waals surface area contributed by atoms with E-state index in [2.05, 4.69) is 36.4 Å². The summed E-state index contributed by atoms with van der Waals surface area (Å²) in [5.74, 6) is -0.589. The molecule has 2 aromatic carbocycles. The number of nitrogens with one attached hydrogen (secondary N) is 2. The summed E-state index contributed by atoms with van der Waals surface area (Å²) in [5.41, 5.74) is 3.51. The summed E-state index contributed by atoms with van der Waals surface area (Å²) in [6, 6.07) is 17.2. The summed E-state index contributed by atoms with van der Waals surface area (Å²) in [6.07, 6.45) is 0. The highest BCUT2D eigenvalue weighted by Crippen LogP contribution is 2.24. The quantitative estimate of drug-likeness (QED) is 0.671. The van der Waals surface area contributed by atoms with Gasteiger partial charge in [-0.3, -0.25) is 9.59 Å². The number of amides is 2. The van der Waals surface area contributed by atoms with Gasteiger partial charge in [0.2, 0.25) is 5.91 Å². The van der Waals surface area contributed by atoms with Crippen LogP contribution in [-0.4, -0.2) is 23.3 Å². The van der Waals surface area contributed by atoms with Gasteiger partial charge in [0.25, 0.3) is 5.91 Å². The first-order valence-electron chi connectivity index (χ1n) is 9.02. The number of thiazole rings is 1. The van der Waals surface area contributed by atoms with E-state index in [1.54, 1.807) is 12.1 Å². The molecule has 0 bridgehead atoms. The Kier molecular flexibility index (Phi) is 5.90. The number of nitrogens with zero attached hydrogens (tertiary/aromatic N) is 1. The lowest BCUT2D eigenvalue weighted by molar-refractivity contribution is -0.115. The molecule has 1 aromatic heterocycles. The number of benzene rings is 2. The molecule has 0 aliphatic heterocycles. The minimum Gasteiger partial charge on any atom is -0.343 e. The molecule has 3 aromatic rings. The van der Waals surface area contributed by atoms with Gasteiger partial charge in [-0.1, -0.05) is 63.2 Å². The molecule has 6 heteroatoms. The highest BCUT2D eigenvalue weighted by Gasteiger charge is 2.15. The van der Waals surface area contributed by atoms with Crippen LogP contribution in [0.1, 0.15) is 36.7 Å². The van der Waals surface area contributed by atoms with Gasteiger partial charge in [-0.05, 0) is 23.1 Å². The molecule has 0 aliphatic carbocycles. The topological polar surface area (TPSA) is 71.1 Å². The third-order valence-electron chi connectivity index (χ3n) is 4.24. The third kappa shape index (κ3) is 5.04. The largest absolute Gasteiger partial charge is 0.343 e. The average molecular weight is 394 g/mol. The van der Waals surface area contributed by atoms with Crippen molar-refractivity contribution >= 4 is 28.3 Å². The molecule has 0 radical (unpaired) electrons. The summed E-state index contributed by atoms with van der Waals surface area (Å²) in [7, 11) is 0. The van der Waals surface area contributed by atoms with E-state index in [-0.39, 0.29) is 23.8 Å². The van der Waals surface area contributed by atoms with Crippen LogP contribution in [0.2, 0.25) is 0 Å². The molecule has 1 heterocycles. The van der Waals surface area contributed by atoms with E-state index in [4.69, 9.17) is 0 Å². The molecule has 0 fully saturated rings. The number of rotatable bonds is 5. The van der Waals surface area contributed by atoms with E-state index in [9.17, 15) is 9.59 Å². The van der Waals surface area contributed by atoms with Crippen LogP contribution >= 0.6 is 11.3 Å². The second kappa shape index (κ2) is 8.35. The highest BCUT2D eigenvalue weighted by molar-refractivity contribution is 7.14. The number of carbonyl (C=O) groups excluding carboxylic acids is 2. The Morgan fingerprint density at radius 2 is 1.68 bits per heavy atom. The maximum absolute atomic E-state index is 12.2. The lowest BCUT2D eigenvalue weighted by Gasteiger charge is -2.19. The molecule has 0 spiro atoms. The first kappa shape index (κ1) is 19.8. The number of hydrogen-bond donors (Lipinski definition) is 2. The smallest absolute Gasteiger partial charge is 0.251 e. The Morgan fingerprint density at radius 3 is 2.32 bits per heavy atom. The second-order valence-electron chi connectivity index (χ2n) is 7.46. The van der Waals surface area contributed by atoms with E-state index >= 15 is 0 Å². The zero-order valence-electron chi connectivity index (χ0n) is 16.2. The Bertz CT molecular complexity index is 957. The fourth-order valence-corrected chi connectivity index (χ4v) is 3.36. The molecule has 2 N–H and O–H groups in total. The van der Waals surface area contributed by atoms with E-state index in [1.165, 1.54) is 11.3 Å². The van der Waals surface area contributed by atoms with Crippen molar-refractivity contribution < 1.29 is 9.59 Å². The summed E-state index contributed by atoms with van der Waals surface area (Å²) in [5, 5.41) is 7.76. The minimum absolute atomic E-state index is 0.0290. The summed E-state index contributed by atoms with van der Waals surface area (Å²) >= 11 is 1.35. The van der Waals surface area contributed by atoms with E-state index in [0.717, 1.165) is 16.8 Å². The average Bonchev–Trinajstić information content (AvgIpc) is 3.14. The van der Waals surface area contributed by atoms with Gasteiger partial charge in [0.15, 0.2) is 5.13 Å². The summed E-state index contributed by atoms with van der Waals surface area (Å²) in [4.78, 5) is 28.8. The first-order valence-corrected chi connectivity index (χ1v) is 9.90. The van der Waals surface area contributed by atoms with Crippen molar-refractivity contribution in [2.45, 2.75) is 26.2 Å². The van der Waals surface area contributed by atoms with Crippen LogP contribution in [-0.2, 0) is 10.2 Å². The SMILES string of the molecule is CC(C)(C)c1ccc(C(=O)NCC(=O)Nc2nc(-c3ccccc3)cs2)cc1. The molecule has 5 nitrogen and oxygen atoms in total. The summed E-state index contributed by atoms with van der Waals surface area (Å²) in [6.45, 7) is 6.25. The van der Waals surface area contributed by atoms with E-state index in [1.807, 2.05) is 47.8 Å². The van der Waals surface area contributed by atoms with Crippen LogP contribution in [0.5, 0.6) is 0 Å². The van der Waals surface area contributed by atoms with Gasteiger partial charge in [0.1, 0.15) is 0 Å².